The predicted molar refractivity (Wildman–Crippen MR) is 114 cm³/mol. The minimum absolute atomic E-state index is 0.00223. The van der Waals surface area contributed by atoms with Crippen LogP contribution in [-0.4, -0.2) is 29.9 Å². The number of hydrogen-bond donors (Lipinski definition) is 0. The maximum absolute atomic E-state index is 13.6. The van der Waals surface area contributed by atoms with Crippen LogP contribution in [-0.2, 0) is 9.53 Å². The molecule has 5 rings (SSSR count). The van der Waals surface area contributed by atoms with Gasteiger partial charge in [0.05, 0.1) is 30.3 Å². The summed E-state index contributed by atoms with van der Waals surface area (Å²) in [6.07, 6.45) is 2.11. The second kappa shape index (κ2) is 6.80. The Labute approximate surface area is 175 Å². The lowest BCUT2D eigenvalue weighted by Crippen LogP contribution is -2.42. The van der Waals surface area contributed by atoms with Crippen LogP contribution in [0.2, 0.25) is 0 Å². The minimum Gasteiger partial charge on any atom is -0.469 e. The molecule has 0 radical (unpaired) electrons. The number of pyridine rings is 1. The van der Waals surface area contributed by atoms with Crippen LogP contribution in [0.4, 0.5) is 5.69 Å². The van der Waals surface area contributed by atoms with Gasteiger partial charge >= 0.3 is 5.97 Å². The monoisotopic (exact) mass is 398 g/mol. The standard InChI is InChI=1S/C25H22N2O3/c1-25(24(29)30-2)15-20(22(28)16-9-4-3-5-10-16)27-19-13-7-6-11-17(19)18-12-8-14-26-21(18)23(25)27/h3-14,20,23H,15H2,1-2H3. The molecule has 2 aliphatic heterocycles. The molecule has 1 saturated heterocycles. The summed E-state index contributed by atoms with van der Waals surface area (Å²) in [5.41, 5.74) is 3.52. The van der Waals surface area contributed by atoms with Crippen LogP contribution in [0.15, 0.2) is 72.9 Å². The number of benzene rings is 2. The number of anilines is 1. The molecule has 0 bridgehead atoms. The Balaban J connectivity index is 1.74. The molecule has 3 heterocycles. The van der Waals surface area contributed by atoms with Gasteiger partial charge in [0.25, 0.3) is 0 Å². The van der Waals surface area contributed by atoms with Gasteiger partial charge in [-0.3, -0.25) is 14.6 Å². The highest BCUT2D eigenvalue weighted by molar-refractivity contribution is 6.05. The third kappa shape index (κ3) is 2.51. The summed E-state index contributed by atoms with van der Waals surface area (Å²) in [7, 11) is 1.40. The lowest BCUT2D eigenvalue weighted by molar-refractivity contribution is -0.152. The van der Waals surface area contributed by atoms with Crippen LogP contribution in [0.1, 0.15) is 35.4 Å². The van der Waals surface area contributed by atoms with Crippen molar-refractivity contribution in [3.05, 3.63) is 84.2 Å². The number of fused-ring (bicyclic) bond motifs is 6. The lowest BCUT2D eigenvalue weighted by Gasteiger charge is -2.40. The lowest BCUT2D eigenvalue weighted by atomic mass is 9.76. The van der Waals surface area contributed by atoms with E-state index in [2.05, 4.69) is 9.88 Å². The number of ether oxygens (including phenoxy) is 1. The molecule has 0 spiro atoms. The molecule has 3 atom stereocenters. The predicted octanol–water partition coefficient (Wildman–Crippen LogP) is 4.44. The number of Topliss-reactive ketones (excluding diaryl/α,β-unsaturated/α-hetero) is 1. The maximum atomic E-state index is 13.6. The van der Waals surface area contributed by atoms with Gasteiger partial charge in [0.2, 0.25) is 0 Å². The van der Waals surface area contributed by atoms with Crippen molar-refractivity contribution in [1.29, 1.82) is 0 Å². The summed E-state index contributed by atoms with van der Waals surface area (Å²) in [6, 6.07) is 20.4. The van der Waals surface area contributed by atoms with Gasteiger partial charge in [-0.1, -0.05) is 54.6 Å². The topological polar surface area (TPSA) is 59.5 Å². The van der Waals surface area contributed by atoms with Crippen LogP contribution in [0, 0.1) is 5.41 Å². The molecule has 5 nitrogen and oxygen atoms in total. The van der Waals surface area contributed by atoms with Crippen molar-refractivity contribution >= 4 is 17.4 Å². The van der Waals surface area contributed by atoms with Gasteiger partial charge in [-0.25, -0.2) is 0 Å². The van der Waals surface area contributed by atoms with Crippen molar-refractivity contribution in [2.45, 2.75) is 25.4 Å². The molecule has 0 amide bonds. The van der Waals surface area contributed by atoms with Crippen molar-refractivity contribution < 1.29 is 14.3 Å². The van der Waals surface area contributed by atoms with Gasteiger partial charge in [-0.15, -0.1) is 0 Å². The van der Waals surface area contributed by atoms with Crippen molar-refractivity contribution in [3.8, 4) is 11.1 Å². The number of esters is 1. The van der Waals surface area contributed by atoms with Crippen LogP contribution >= 0.6 is 0 Å². The highest BCUT2D eigenvalue weighted by atomic mass is 16.5. The summed E-state index contributed by atoms with van der Waals surface area (Å²) in [4.78, 5) is 33.4. The Bertz CT molecular complexity index is 1140. The largest absolute Gasteiger partial charge is 0.469 e. The normalized spacial score (nSPS) is 23.9. The molecule has 3 unspecified atom stereocenters. The average Bonchev–Trinajstić information content (AvgIpc) is 3.13. The molecule has 2 aromatic carbocycles. The van der Waals surface area contributed by atoms with Crippen molar-refractivity contribution in [3.63, 3.8) is 0 Å². The van der Waals surface area contributed by atoms with Gasteiger partial charge in [0.1, 0.15) is 0 Å². The molecular weight excluding hydrogens is 376 g/mol. The van der Waals surface area contributed by atoms with E-state index >= 15 is 0 Å². The number of carbonyl (C=O) groups is 2. The maximum Gasteiger partial charge on any atom is 0.314 e. The second-order valence-electron chi connectivity index (χ2n) is 8.12. The fourth-order valence-electron chi connectivity index (χ4n) is 5.07. The van der Waals surface area contributed by atoms with Crippen molar-refractivity contribution in [1.82, 2.24) is 4.98 Å². The number of para-hydroxylation sites is 1. The van der Waals surface area contributed by atoms with Gasteiger partial charge in [0.15, 0.2) is 5.78 Å². The summed E-state index contributed by atoms with van der Waals surface area (Å²) < 4.78 is 5.22. The molecule has 3 aromatic rings. The Morgan fingerprint density at radius 2 is 1.70 bits per heavy atom. The first-order valence-electron chi connectivity index (χ1n) is 10.1. The summed E-state index contributed by atoms with van der Waals surface area (Å²) in [6.45, 7) is 1.89. The zero-order valence-corrected chi connectivity index (χ0v) is 16.9. The first-order chi connectivity index (χ1) is 14.6. The van der Waals surface area contributed by atoms with Gasteiger partial charge < -0.3 is 9.64 Å². The zero-order valence-electron chi connectivity index (χ0n) is 16.9. The first kappa shape index (κ1) is 18.6. The molecule has 150 valence electrons. The number of rotatable bonds is 3. The summed E-state index contributed by atoms with van der Waals surface area (Å²) in [5, 5.41) is 0. The van der Waals surface area contributed by atoms with E-state index in [0.717, 1.165) is 22.5 Å². The molecule has 0 N–H and O–H groups in total. The molecule has 30 heavy (non-hydrogen) atoms. The number of nitrogens with zero attached hydrogens (tertiary/aromatic N) is 2. The molecule has 2 aliphatic rings. The number of carbonyl (C=O) groups excluding carboxylic acids is 2. The van der Waals surface area contributed by atoms with E-state index in [4.69, 9.17) is 4.74 Å². The van der Waals surface area contributed by atoms with Crippen LogP contribution in [0.5, 0.6) is 0 Å². The Morgan fingerprint density at radius 1 is 1.00 bits per heavy atom. The van der Waals surface area contributed by atoms with E-state index in [-0.39, 0.29) is 17.8 Å². The number of hydrogen-bond acceptors (Lipinski definition) is 5. The Kier molecular flexibility index (Phi) is 4.21. The molecule has 0 saturated carbocycles. The zero-order chi connectivity index (χ0) is 20.9. The number of aromatic nitrogens is 1. The second-order valence-corrected chi connectivity index (χ2v) is 8.12. The quantitative estimate of drug-likeness (QED) is 0.482. The number of methoxy groups -OCH3 is 1. The van der Waals surface area contributed by atoms with Gasteiger partial charge in [0, 0.05) is 28.6 Å². The fourth-order valence-corrected chi connectivity index (χ4v) is 5.07. The SMILES string of the molecule is COC(=O)C1(C)CC(C(=O)c2ccccc2)N2c3ccccc3-c3cccnc3C21. The van der Waals surface area contributed by atoms with Crippen LogP contribution < -0.4 is 4.90 Å². The fraction of sp³-hybridized carbons (Fsp3) is 0.240. The summed E-state index contributed by atoms with van der Waals surface area (Å²) in [5.74, 6) is -0.320. The van der Waals surface area contributed by atoms with E-state index < -0.39 is 11.5 Å². The van der Waals surface area contributed by atoms with Gasteiger partial charge in [-0.05, 0) is 25.5 Å². The van der Waals surface area contributed by atoms with Crippen LogP contribution in [0.25, 0.3) is 11.1 Å². The first-order valence-corrected chi connectivity index (χ1v) is 10.1. The van der Waals surface area contributed by atoms with E-state index in [0.29, 0.717) is 12.0 Å². The van der Waals surface area contributed by atoms with E-state index in [1.807, 2.05) is 73.7 Å². The van der Waals surface area contributed by atoms with E-state index in [1.54, 1.807) is 6.20 Å². The molecule has 5 heteroatoms. The molecular formula is C25H22N2O3. The minimum atomic E-state index is -0.902. The smallest absolute Gasteiger partial charge is 0.314 e. The Hall–Kier alpha value is -3.47. The average molecular weight is 398 g/mol. The van der Waals surface area contributed by atoms with Gasteiger partial charge in [-0.2, -0.15) is 0 Å². The molecule has 1 fully saturated rings. The van der Waals surface area contributed by atoms with Crippen molar-refractivity contribution in [2.75, 3.05) is 12.0 Å². The van der Waals surface area contributed by atoms with Crippen molar-refractivity contribution in [2.24, 2.45) is 5.41 Å². The Morgan fingerprint density at radius 3 is 2.47 bits per heavy atom. The highest BCUT2D eigenvalue weighted by Crippen LogP contribution is 2.58. The van der Waals surface area contributed by atoms with E-state index in [1.165, 1.54) is 7.11 Å². The highest BCUT2D eigenvalue weighted by Gasteiger charge is 2.59. The molecule has 1 aromatic heterocycles. The third-order valence-corrected chi connectivity index (χ3v) is 6.42. The third-order valence-electron chi connectivity index (χ3n) is 6.42. The molecule has 0 aliphatic carbocycles. The number of ketones is 1. The van der Waals surface area contributed by atoms with E-state index in [9.17, 15) is 9.59 Å². The van der Waals surface area contributed by atoms with Crippen LogP contribution in [0.3, 0.4) is 0 Å². The summed E-state index contributed by atoms with van der Waals surface area (Å²) >= 11 is 0.